The van der Waals surface area contributed by atoms with Crippen LogP contribution in [-0.2, 0) is 9.59 Å². The van der Waals surface area contributed by atoms with Crippen molar-refractivity contribution in [2.75, 3.05) is 45.6 Å². The van der Waals surface area contributed by atoms with Gasteiger partial charge in [0.15, 0.2) is 5.58 Å². The number of nitrogens with one attached hydrogen (secondary N) is 3. The highest BCUT2D eigenvalue weighted by Gasteiger charge is 2.30. The SMILES string of the molecule is CN(C)C(=O)c1ccc(C(=O)NC(=N[C@H]2CCCCN(CC(=O)N3CCCC3)C2=O)Nc2ccc3[nH]c(=O)oc3c2)cn1. The van der Waals surface area contributed by atoms with Crippen molar-refractivity contribution in [1.29, 1.82) is 0 Å². The topological polar surface area (TPSA) is 173 Å². The number of aromatic nitrogens is 2. The van der Waals surface area contributed by atoms with Gasteiger partial charge in [-0.25, -0.2) is 9.79 Å². The van der Waals surface area contributed by atoms with Crippen LogP contribution in [0.1, 0.15) is 53.0 Å². The van der Waals surface area contributed by atoms with Gasteiger partial charge < -0.3 is 24.4 Å². The standard InChI is InChI=1S/C29H34N8O6/c1-35(2)26(40)21-10-8-18(16-30-21)25(39)34-28(31-19-9-11-20-23(15-19)43-29(42)33-20)32-22-7-3-4-14-37(27(22)41)17-24(38)36-12-5-6-13-36/h8-11,15-16,22H,3-7,12-14,17H2,1-2H3,(H,33,42)(H2,31,32,34,39)/t22-/m0/s1. The highest BCUT2D eigenvalue weighted by molar-refractivity contribution is 6.11. The number of fused-ring (bicyclic) bond motifs is 1. The lowest BCUT2D eigenvalue weighted by molar-refractivity contribution is -0.140. The molecule has 43 heavy (non-hydrogen) atoms. The Hall–Kier alpha value is -5.01. The van der Waals surface area contributed by atoms with Crippen molar-refractivity contribution in [2.45, 2.75) is 38.1 Å². The number of H-pyrrole nitrogens is 1. The Morgan fingerprint density at radius 1 is 1.07 bits per heavy atom. The van der Waals surface area contributed by atoms with E-state index in [0.717, 1.165) is 19.3 Å². The van der Waals surface area contributed by atoms with Crippen LogP contribution < -0.4 is 16.4 Å². The van der Waals surface area contributed by atoms with Gasteiger partial charge in [-0.3, -0.25) is 34.5 Å². The smallest absolute Gasteiger partial charge is 0.408 e. The molecule has 1 atom stereocenters. The molecule has 2 saturated heterocycles. The summed E-state index contributed by atoms with van der Waals surface area (Å²) in [6.45, 7) is 1.85. The third-order valence-electron chi connectivity index (χ3n) is 7.39. The van der Waals surface area contributed by atoms with Crippen molar-refractivity contribution < 1.29 is 23.6 Å². The van der Waals surface area contributed by atoms with E-state index in [1.54, 1.807) is 42.1 Å². The molecule has 4 amide bonds. The summed E-state index contributed by atoms with van der Waals surface area (Å²) in [5.41, 5.74) is 1.59. The number of hydrogen-bond acceptors (Lipinski definition) is 8. The number of aliphatic imine (C=N–C) groups is 1. The van der Waals surface area contributed by atoms with E-state index in [1.807, 2.05) is 0 Å². The number of hydrogen-bond donors (Lipinski definition) is 3. The fourth-order valence-corrected chi connectivity index (χ4v) is 5.07. The molecule has 3 N–H and O–H groups in total. The maximum absolute atomic E-state index is 13.6. The van der Waals surface area contributed by atoms with E-state index < -0.39 is 17.7 Å². The monoisotopic (exact) mass is 590 g/mol. The minimum Gasteiger partial charge on any atom is -0.408 e. The van der Waals surface area contributed by atoms with E-state index >= 15 is 0 Å². The van der Waals surface area contributed by atoms with Gasteiger partial charge in [0.2, 0.25) is 17.8 Å². The van der Waals surface area contributed by atoms with E-state index in [0.29, 0.717) is 49.3 Å². The molecule has 2 fully saturated rings. The molecule has 0 aliphatic carbocycles. The molecular weight excluding hydrogens is 556 g/mol. The Morgan fingerprint density at radius 3 is 2.56 bits per heavy atom. The van der Waals surface area contributed by atoms with Gasteiger partial charge in [-0.1, -0.05) is 0 Å². The number of anilines is 1. The quantitative estimate of drug-likeness (QED) is 0.286. The van der Waals surface area contributed by atoms with Crippen LogP contribution in [0.3, 0.4) is 0 Å². The number of likely N-dealkylation sites (tertiary alicyclic amines) is 2. The summed E-state index contributed by atoms with van der Waals surface area (Å²) >= 11 is 0. The van der Waals surface area contributed by atoms with Crippen molar-refractivity contribution in [3.63, 3.8) is 0 Å². The van der Waals surface area contributed by atoms with Crippen molar-refractivity contribution >= 4 is 46.4 Å². The lowest BCUT2D eigenvalue weighted by Gasteiger charge is -2.25. The molecule has 5 rings (SSSR count). The molecule has 0 saturated carbocycles. The Labute approximate surface area is 247 Å². The first-order valence-electron chi connectivity index (χ1n) is 14.2. The van der Waals surface area contributed by atoms with Crippen LogP contribution >= 0.6 is 0 Å². The summed E-state index contributed by atoms with van der Waals surface area (Å²) in [7, 11) is 3.21. The summed E-state index contributed by atoms with van der Waals surface area (Å²) in [5, 5.41) is 5.74. The summed E-state index contributed by atoms with van der Waals surface area (Å²) in [6.07, 6.45) is 5.08. The van der Waals surface area contributed by atoms with Crippen molar-refractivity contribution in [3.05, 3.63) is 58.3 Å². The fourth-order valence-electron chi connectivity index (χ4n) is 5.07. The van der Waals surface area contributed by atoms with E-state index in [2.05, 4.69) is 25.6 Å². The zero-order valence-electron chi connectivity index (χ0n) is 24.1. The molecule has 226 valence electrons. The number of guanidine groups is 1. The second-order valence-corrected chi connectivity index (χ2v) is 10.8. The van der Waals surface area contributed by atoms with Crippen LogP contribution in [0.2, 0.25) is 0 Å². The second-order valence-electron chi connectivity index (χ2n) is 10.8. The Bertz CT molecular complexity index is 1600. The Morgan fingerprint density at radius 2 is 1.84 bits per heavy atom. The van der Waals surface area contributed by atoms with Gasteiger partial charge in [0, 0.05) is 51.7 Å². The molecule has 0 spiro atoms. The van der Waals surface area contributed by atoms with Gasteiger partial charge in [0.05, 0.1) is 17.6 Å². The van der Waals surface area contributed by atoms with Crippen LogP contribution in [0.15, 0.2) is 50.7 Å². The van der Waals surface area contributed by atoms with Crippen LogP contribution in [0.4, 0.5) is 5.69 Å². The number of amides is 4. The zero-order valence-corrected chi connectivity index (χ0v) is 24.1. The largest absolute Gasteiger partial charge is 0.417 e. The number of nitrogens with zero attached hydrogens (tertiary/aromatic N) is 5. The third kappa shape index (κ3) is 7.08. The molecule has 14 nitrogen and oxygen atoms in total. The van der Waals surface area contributed by atoms with Crippen LogP contribution in [0.25, 0.3) is 11.1 Å². The minimum atomic E-state index is -0.844. The molecule has 2 aromatic heterocycles. The maximum atomic E-state index is 13.6. The number of pyridine rings is 1. The number of aromatic amines is 1. The predicted molar refractivity (Wildman–Crippen MR) is 158 cm³/mol. The molecule has 2 aliphatic rings. The molecule has 0 unspecified atom stereocenters. The van der Waals surface area contributed by atoms with Crippen LogP contribution in [0.5, 0.6) is 0 Å². The van der Waals surface area contributed by atoms with Gasteiger partial charge in [-0.15, -0.1) is 0 Å². The number of benzene rings is 1. The maximum Gasteiger partial charge on any atom is 0.417 e. The first-order chi connectivity index (χ1) is 20.7. The molecule has 2 aliphatic heterocycles. The van der Waals surface area contributed by atoms with E-state index in [9.17, 15) is 24.0 Å². The lowest BCUT2D eigenvalue weighted by Crippen LogP contribution is -2.45. The summed E-state index contributed by atoms with van der Waals surface area (Å²) in [5.74, 6) is -1.86. The van der Waals surface area contributed by atoms with Crippen molar-refractivity contribution in [3.8, 4) is 0 Å². The highest BCUT2D eigenvalue weighted by Crippen LogP contribution is 2.19. The predicted octanol–water partition coefficient (Wildman–Crippen LogP) is 1.42. The third-order valence-corrected chi connectivity index (χ3v) is 7.39. The number of carbonyl (C=O) groups is 4. The van der Waals surface area contributed by atoms with Gasteiger partial charge >= 0.3 is 5.76 Å². The number of carbonyl (C=O) groups excluding carboxylic acids is 4. The summed E-state index contributed by atoms with van der Waals surface area (Å²) in [6, 6.07) is 6.94. The van der Waals surface area contributed by atoms with Gasteiger partial charge in [-0.2, -0.15) is 0 Å². The second kappa shape index (κ2) is 12.9. The average Bonchev–Trinajstić information content (AvgIpc) is 3.63. The van der Waals surface area contributed by atoms with Crippen LogP contribution in [-0.4, -0.2) is 101 Å². The first kappa shape index (κ1) is 29.5. The molecular formula is C29H34N8O6. The Kier molecular flexibility index (Phi) is 8.83. The Balaban J connectivity index is 1.39. The van der Waals surface area contributed by atoms with Gasteiger partial charge in [0.1, 0.15) is 11.7 Å². The van der Waals surface area contributed by atoms with Crippen molar-refractivity contribution in [2.24, 2.45) is 4.99 Å². The van der Waals surface area contributed by atoms with Crippen LogP contribution in [0, 0.1) is 0 Å². The summed E-state index contributed by atoms with van der Waals surface area (Å²) < 4.78 is 5.15. The number of oxazole rings is 1. The lowest BCUT2D eigenvalue weighted by atomic mass is 10.1. The average molecular weight is 591 g/mol. The van der Waals surface area contributed by atoms with Gasteiger partial charge in [-0.05, 0) is 56.4 Å². The molecule has 4 heterocycles. The first-order valence-corrected chi connectivity index (χ1v) is 14.2. The minimum absolute atomic E-state index is 0.00709. The molecule has 3 aromatic rings. The molecule has 0 radical (unpaired) electrons. The molecule has 0 bridgehead atoms. The zero-order chi connectivity index (χ0) is 30.5. The fraction of sp³-hybridized carbons (Fsp3) is 0.414. The molecule has 1 aromatic carbocycles. The molecule has 14 heteroatoms. The summed E-state index contributed by atoms with van der Waals surface area (Å²) in [4.78, 5) is 79.5. The van der Waals surface area contributed by atoms with E-state index in [-0.39, 0.29) is 41.5 Å². The normalized spacial score (nSPS) is 17.6. The number of rotatable bonds is 6. The van der Waals surface area contributed by atoms with Gasteiger partial charge in [0.25, 0.3) is 11.8 Å². The highest BCUT2D eigenvalue weighted by atomic mass is 16.4. The van der Waals surface area contributed by atoms with E-state index in [1.165, 1.54) is 23.2 Å². The van der Waals surface area contributed by atoms with E-state index in [4.69, 9.17) is 4.42 Å². The van der Waals surface area contributed by atoms with Crippen molar-refractivity contribution in [1.82, 2.24) is 30.0 Å².